The standard InChI is InChI=1S/C29H27F5O4/c1-3-36-23-13-11-19(25(31)27(23)33)16-5-8-18(9-6-16)38-29(35)17-7-10-20(22(30)15-17)21-12-14-24(37-4-2)28(34)26(21)32/h7,10-16,18H,3-6,8-9H2,1-2H3. The Morgan fingerprint density at radius 1 is 0.737 bits per heavy atom. The van der Waals surface area contributed by atoms with Crippen molar-refractivity contribution in [1.82, 2.24) is 0 Å². The minimum Gasteiger partial charge on any atom is -0.491 e. The predicted molar refractivity (Wildman–Crippen MR) is 131 cm³/mol. The highest BCUT2D eigenvalue weighted by Gasteiger charge is 2.29. The van der Waals surface area contributed by atoms with Crippen LogP contribution < -0.4 is 9.47 Å². The van der Waals surface area contributed by atoms with Crippen LogP contribution in [0.5, 0.6) is 11.5 Å². The number of carbonyl (C=O) groups excluding carboxylic acids is 1. The molecule has 3 aromatic rings. The molecule has 1 aliphatic rings. The molecule has 1 aliphatic carbocycles. The summed E-state index contributed by atoms with van der Waals surface area (Å²) in [7, 11) is 0. The quantitative estimate of drug-likeness (QED) is 0.219. The highest BCUT2D eigenvalue weighted by molar-refractivity contribution is 5.90. The van der Waals surface area contributed by atoms with Gasteiger partial charge in [-0.3, -0.25) is 0 Å². The molecule has 0 N–H and O–H groups in total. The molecule has 0 bridgehead atoms. The summed E-state index contributed by atoms with van der Waals surface area (Å²) in [6.45, 7) is 3.66. The van der Waals surface area contributed by atoms with Gasteiger partial charge in [-0.15, -0.1) is 0 Å². The zero-order valence-electron chi connectivity index (χ0n) is 21.0. The Bertz CT molecular complexity index is 1320. The van der Waals surface area contributed by atoms with Crippen LogP contribution in [-0.2, 0) is 4.74 Å². The molecule has 1 saturated carbocycles. The van der Waals surface area contributed by atoms with Gasteiger partial charge in [-0.05, 0) is 81.3 Å². The van der Waals surface area contributed by atoms with Crippen LogP contribution in [0.15, 0.2) is 42.5 Å². The number of ether oxygens (including phenoxy) is 3. The zero-order valence-corrected chi connectivity index (χ0v) is 21.0. The molecule has 0 heterocycles. The summed E-state index contributed by atoms with van der Waals surface area (Å²) < 4.78 is 88.0. The molecule has 0 amide bonds. The van der Waals surface area contributed by atoms with E-state index in [1.165, 1.54) is 36.4 Å². The number of hydrogen-bond acceptors (Lipinski definition) is 4. The molecule has 0 aliphatic heterocycles. The number of halogens is 5. The van der Waals surface area contributed by atoms with E-state index in [0.717, 1.165) is 6.07 Å². The summed E-state index contributed by atoms with van der Waals surface area (Å²) >= 11 is 0. The normalized spacial score (nSPS) is 17.2. The molecule has 4 rings (SSSR count). The fourth-order valence-corrected chi connectivity index (χ4v) is 4.71. The molecular weight excluding hydrogens is 507 g/mol. The Labute approximate surface area is 217 Å². The molecule has 0 radical (unpaired) electrons. The lowest BCUT2D eigenvalue weighted by atomic mass is 9.82. The fraction of sp³-hybridized carbons (Fsp3) is 0.345. The van der Waals surface area contributed by atoms with E-state index in [0.29, 0.717) is 25.7 Å². The monoisotopic (exact) mass is 534 g/mol. The van der Waals surface area contributed by atoms with Crippen molar-refractivity contribution in [3.63, 3.8) is 0 Å². The highest BCUT2D eigenvalue weighted by atomic mass is 19.2. The summed E-state index contributed by atoms with van der Waals surface area (Å²) in [5, 5.41) is 0. The van der Waals surface area contributed by atoms with Crippen LogP contribution in [0.2, 0.25) is 0 Å². The SMILES string of the molecule is CCOc1ccc(-c2ccc(C(=O)OC3CCC(c4ccc(OCC)c(F)c4F)CC3)cc2F)c(F)c1F. The van der Waals surface area contributed by atoms with Crippen LogP contribution >= 0.6 is 0 Å². The van der Waals surface area contributed by atoms with E-state index < -0.39 is 41.2 Å². The molecule has 0 atom stereocenters. The second kappa shape index (κ2) is 11.8. The van der Waals surface area contributed by atoms with Crippen LogP contribution in [-0.4, -0.2) is 25.3 Å². The van der Waals surface area contributed by atoms with Crippen molar-refractivity contribution in [2.24, 2.45) is 0 Å². The van der Waals surface area contributed by atoms with E-state index in [2.05, 4.69) is 0 Å². The number of benzene rings is 3. The average Bonchev–Trinajstić information content (AvgIpc) is 2.91. The van der Waals surface area contributed by atoms with Gasteiger partial charge in [0.2, 0.25) is 11.6 Å². The van der Waals surface area contributed by atoms with Gasteiger partial charge >= 0.3 is 5.97 Å². The number of hydrogen-bond donors (Lipinski definition) is 0. The number of rotatable bonds is 8. The van der Waals surface area contributed by atoms with Crippen molar-refractivity contribution in [2.45, 2.75) is 51.6 Å². The van der Waals surface area contributed by atoms with Crippen molar-refractivity contribution in [2.75, 3.05) is 13.2 Å². The number of esters is 1. The minimum absolute atomic E-state index is 0.0835. The second-order valence-corrected chi connectivity index (χ2v) is 8.96. The summed E-state index contributed by atoms with van der Waals surface area (Å²) in [6, 6.07) is 8.72. The maximum Gasteiger partial charge on any atom is 0.338 e. The van der Waals surface area contributed by atoms with Crippen molar-refractivity contribution in [1.29, 1.82) is 0 Å². The van der Waals surface area contributed by atoms with Crippen LogP contribution in [0.3, 0.4) is 0 Å². The van der Waals surface area contributed by atoms with E-state index in [-0.39, 0.29) is 52.9 Å². The molecule has 0 spiro atoms. The summed E-state index contributed by atoms with van der Waals surface area (Å²) in [5.74, 6) is -6.77. The van der Waals surface area contributed by atoms with Gasteiger partial charge in [0.15, 0.2) is 23.1 Å². The Balaban J connectivity index is 1.40. The van der Waals surface area contributed by atoms with Gasteiger partial charge in [0.05, 0.1) is 18.8 Å². The first-order valence-electron chi connectivity index (χ1n) is 12.5. The fourth-order valence-electron chi connectivity index (χ4n) is 4.71. The maximum absolute atomic E-state index is 14.8. The molecule has 9 heteroatoms. The third-order valence-corrected chi connectivity index (χ3v) is 6.61. The summed E-state index contributed by atoms with van der Waals surface area (Å²) in [6.07, 6.45) is 1.30. The summed E-state index contributed by atoms with van der Waals surface area (Å²) in [4.78, 5) is 12.6. The van der Waals surface area contributed by atoms with Crippen LogP contribution in [0.4, 0.5) is 22.0 Å². The maximum atomic E-state index is 14.8. The molecule has 1 fully saturated rings. The van der Waals surface area contributed by atoms with Gasteiger partial charge in [-0.1, -0.05) is 12.1 Å². The molecule has 0 aromatic heterocycles. The van der Waals surface area contributed by atoms with E-state index in [1.807, 2.05) is 0 Å². The highest BCUT2D eigenvalue weighted by Crippen LogP contribution is 2.38. The Morgan fingerprint density at radius 3 is 1.92 bits per heavy atom. The van der Waals surface area contributed by atoms with Gasteiger partial charge in [-0.2, -0.15) is 8.78 Å². The van der Waals surface area contributed by atoms with Crippen molar-refractivity contribution >= 4 is 5.97 Å². The van der Waals surface area contributed by atoms with Gasteiger partial charge in [-0.25, -0.2) is 18.0 Å². The smallest absolute Gasteiger partial charge is 0.338 e. The predicted octanol–water partition coefficient (Wildman–Crippen LogP) is 7.73. The Morgan fingerprint density at radius 2 is 1.32 bits per heavy atom. The largest absolute Gasteiger partial charge is 0.491 e. The van der Waals surface area contributed by atoms with Crippen molar-refractivity contribution < 1.29 is 41.0 Å². The van der Waals surface area contributed by atoms with Crippen LogP contribution in [0.25, 0.3) is 11.1 Å². The number of carbonyl (C=O) groups is 1. The van der Waals surface area contributed by atoms with Crippen LogP contribution in [0.1, 0.15) is 61.4 Å². The Hall–Kier alpha value is -3.62. The first-order chi connectivity index (χ1) is 18.2. The third kappa shape index (κ3) is 5.61. The Kier molecular flexibility index (Phi) is 8.54. The molecular formula is C29H27F5O4. The van der Waals surface area contributed by atoms with Gasteiger partial charge in [0.1, 0.15) is 11.9 Å². The van der Waals surface area contributed by atoms with Gasteiger partial charge < -0.3 is 14.2 Å². The molecule has 0 saturated heterocycles. The van der Waals surface area contributed by atoms with E-state index in [9.17, 15) is 26.7 Å². The topological polar surface area (TPSA) is 44.8 Å². The molecule has 3 aromatic carbocycles. The molecule has 0 unspecified atom stereocenters. The molecule has 202 valence electrons. The lowest BCUT2D eigenvalue weighted by Gasteiger charge is -2.29. The lowest BCUT2D eigenvalue weighted by Crippen LogP contribution is -2.24. The van der Waals surface area contributed by atoms with Crippen molar-refractivity contribution in [3.05, 3.63) is 82.7 Å². The molecule has 38 heavy (non-hydrogen) atoms. The first-order valence-corrected chi connectivity index (χ1v) is 12.5. The second-order valence-electron chi connectivity index (χ2n) is 8.96. The van der Waals surface area contributed by atoms with Gasteiger partial charge in [0.25, 0.3) is 0 Å². The van der Waals surface area contributed by atoms with Crippen LogP contribution in [0, 0.1) is 29.1 Å². The zero-order chi connectivity index (χ0) is 27.4. The lowest BCUT2D eigenvalue weighted by molar-refractivity contribution is 0.0193. The third-order valence-electron chi connectivity index (χ3n) is 6.61. The van der Waals surface area contributed by atoms with E-state index in [4.69, 9.17) is 14.2 Å². The first kappa shape index (κ1) is 27.4. The van der Waals surface area contributed by atoms with E-state index >= 15 is 0 Å². The molecule has 4 nitrogen and oxygen atoms in total. The van der Waals surface area contributed by atoms with E-state index in [1.54, 1.807) is 13.8 Å². The minimum atomic E-state index is -1.26. The average molecular weight is 535 g/mol. The van der Waals surface area contributed by atoms with Crippen molar-refractivity contribution in [3.8, 4) is 22.6 Å². The van der Waals surface area contributed by atoms with Gasteiger partial charge in [0, 0.05) is 11.1 Å². The summed E-state index contributed by atoms with van der Waals surface area (Å²) in [5.41, 5.74) is -0.350.